The molecule has 0 unspecified atom stereocenters. The fourth-order valence-corrected chi connectivity index (χ4v) is 17.6. The van der Waals surface area contributed by atoms with Gasteiger partial charge in [0.2, 0.25) is 0 Å². The van der Waals surface area contributed by atoms with Gasteiger partial charge in [0.15, 0.2) is 14.3 Å². The van der Waals surface area contributed by atoms with E-state index in [2.05, 4.69) is 77.9 Å². The van der Waals surface area contributed by atoms with Gasteiger partial charge >= 0.3 is 0 Å². The van der Waals surface area contributed by atoms with Gasteiger partial charge in [0.25, 0.3) is 0 Å². The number of hydrogen-bond acceptors (Lipinski definition) is 6. The molecule has 0 aliphatic carbocycles. The molecule has 4 aromatic rings. The summed E-state index contributed by atoms with van der Waals surface area (Å²) < 4.78 is 52.2. The van der Waals surface area contributed by atoms with Crippen molar-refractivity contribution in [3.63, 3.8) is 0 Å². The SMILES string of the molecule is CC(C)(C)[P@]1(=O)COc2cccc(-c3cccc4c3[P@](=O)(C(C)(C)C)CO4)c21.CC(C)(C)[P@]1COc2cccc(-c3cccc4c3[P@](C(C)(C)C)CO4)c21. The Morgan fingerprint density at radius 3 is 1.07 bits per heavy atom. The highest BCUT2D eigenvalue weighted by Crippen LogP contribution is 2.66. The standard InChI is InChI=1S/C22H28O4P2.C22H28O2P2/c1-21(2,3)27(23)13-25-17-11-7-9-15(19(17)27)16-10-8-12-18-20(16)28(24,14-26-18)22(4,5)6;1-21(2,3)25-13-23-17-11-7-9-15(19(17)25)16-10-8-12-18-20(16)26(14-24-18)22(4,5)6/h7-12H,13-14H2,1-6H3;7-12H,13-14H2,1-6H3/t27-,28-;25-,26-/m01/s1. The Morgan fingerprint density at radius 1 is 0.444 bits per heavy atom. The Morgan fingerprint density at radius 2 is 0.759 bits per heavy atom. The maximum atomic E-state index is 14.1. The van der Waals surface area contributed by atoms with Crippen LogP contribution >= 0.6 is 30.1 Å². The number of fused-ring (bicyclic) bond motifs is 4. The van der Waals surface area contributed by atoms with E-state index in [1.807, 2.05) is 77.9 Å². The summed E-state index contributed by atoms with van der Waals surface area (Å²) in [4.78, 5) is 0. The maximum Gasteiger partial charge on any atom is 0.160 e. The third-order valence-corrected chi connectivity index (χ3v) is 24.8. The molecule has 0 amide bonds. The Labute approximate surface area is 325 Å². The van der Waals surface area contributed by atoms with Crippen LogP contribution in [0.5, 0.6) is 23.0 Å². The Kier molecular flexibility index (Phi) is 9.92. The molecule has 0 saturated heterocycles. The van der Waals surface area contributed by atoms with E-state index in [1.54, 1.807) is 0 Å². The lowest BCUT2D eigenvalue weighted by Crippen LogP contribution is -2.26. The van der Waals surface area contributed by atoms with Crippen LogP contribution < -0.4 is 40.2 Å². The van der Waals surface area contributed by atoms with Crippen molar-refractivity contribution in [1.82, 2.24) is 0 Å². The quantitative estimate of drug-likeness (QED) is 0.188. The van der Waals surface area contributed by atoms with Crippen molar-refractivity contribution in [2.75, 3.05) is 25.4 Å². The Bertz CT molecular complexity index is 2060. The molecular weight excluding hydrogens is 748 g/mol. The second kappa shape index (κ2) is 13.5. The monoisotopic (exact) mass is 804 g/mol. The average molecular weight is 805 g/mol. The highest BCUT2D eigenvalue weighted by atomic mass is 31.2. The average Bonchev–Trinajstić information content (AvgIpc) is 3.88. The van der Waals surface area contributed by atoms with Crippen LogP contribution in [0.15, 0.2) is 72.8 Å². The van der Waals surface area contributed by atoms with Gasteiger partial charge in [-0.15, -0.1) is 0 Å². The summed E-state index contributed by atoms with van der Waals surface area (Å²) in [7, 11) is -6.32. The Balaban J connectivity index is 0.000000167. The van der Waals surface area contributed by atoms with Gasteiger partial charge in [-0.05, 0) is 72.7 Å². The summed E-state index contributed by atoms with van der Waals surface area (Å²) in [6.45, 7) is 26.1. The van der Waals surface area contributed by atoms with E-state index in [0.29, 0.717) is 11.5 Å². The lowest BCUT2D eigenvalue weighted by atomic mass is 10.0. The van der Waals surface area contributed by atoms with Gasteiger partial charge in [0.1, 0.15) is 48.4 Å². The zero-order valence-electron chi connectivity index (χ0n) is 34.0. The topological polar surface area (TPSA) is 71.1 Å². The van der Waals surface area contributed by atoms with E-state index in [4.69, 9.17) is 18.9 Å². The first-order valence-electron chi connectivity index (χ1n) is 18.9. The molecule has 0 bridgehead atoms. The summed E-state index contributed by atoms with van der Waals surface area (Å²) in [6.07, 6.45) is 2.10. The molecule has 4 aliphatic rings. The van der Waals surface area contributed by atoms with Crippen LogP contribution in [0.3, 0.4) is 0 Å². The molecule has 6 nitrogen and oxygen atoms in total. The molecule has 10 heteroatoms. The molecule has 4 atom stereocenters. The first-order chi connectivity index (χ1) is 25.1. The predicted molar refractivity (Wildman–Crippen MR) is 232 cm³/mol. The van der Waals surface area contributed by atoms with E-state index in [0.717, 1.165) is 45.9 Å². The van der Waals surface area contributed by atoms with Crippen LogP contribution in [0.25, 0.3) is 22.3 Å². The number of ether oxygens (including phenoxy) is 4. The largest absolute Gasteiger partial charge is 0.488 e. The van der Waals surface area contributed by atoms with Gasteiger partial charge in [-0.25, -0.2) is 0 Å². The normalized spacial score (nSPS) is 24.1. The molecule has 8 rings (SSSR count). The summed E-state index contributed by atoms with van der Waals surface area (Å²) in [5.41, 5.74) is 4.44. The third kappa shape index (κ3) is 6.50. The van der Waals surface area contributed by atoms with Gasteiger partial charge in [-0.2, -0.15) is 0 Å². The van der Waals surface area contributed by atoms with Gasteiger partial charge < -0.3 is 28.1 Å². The van der Waals surface area contributed by atoms with Crippen molar-refractivity contribution in [3.05, 3.63) is 72.8 Å². The second-order valence-electron chi connectivity index (χ2n) is 18.7. The molecule has 4 heterocycles. The van der Waals surface area contributed by atoms with Crippen LogP contribution in [-0.4, -0.2) is 46.0 Å². The molecule has 0 fully saturated rings. The van der Waals surface area contributed by atoms with E-state index in [-0.39, 0.29) is 38.9 Å². The molecule has 288 valence electrons. The highest BCUT2D eigenvalue weighted by Gasteiger charge is 2.50. The van der Waals surface area contributed by atoms with E-state index in [1.165, 1.54) is 21.7 Å². The van der Waals surface area contributed by atoms with Crippen LogP contribution in [0.2, 0.25) is 0 Å². The molecule has 4 aromatic carbocycles. The van der Waals surface area contributed by atoms with Crippen molar-refractivity contribution in [3.8, 4) is 45.3 Å². The van der Waals surface area contributed by atoms with Crippen molar-refractivity contribution < 1.29 is 28.1 Å². The summed E-state index contributed by atoms with van der Waals surface area (Å²) in [5.74, 6) is 3.52. The van der Waals surface area contributed by atoms with Crippen molar-refractivity contribution in [2.45, 2.75) is 104 Å². The number of rotatable bonds is 2. The smallest absolute Gasteiger partial charge is 0.160 e. The minimum atomic E-state index is -2.81. The molecule has 0 saturated carbocycles. The van der Waals surface area contributed by atoms with Gasteiger partial charge in [-0.3, -0.25) is 0 Å². The zero-order chi connectivity index (χ0) is 39.2. The molecule has 0 radical (unpaired) electrons. The fourth-order valence-electron chi connectivity index (χ4n) is 7.69. The molecule has 4 aliphatic heterocycles. The van der Waals surface area contributed by atoms with Gasteiger partial charge in [0.05, 0.1) is 10.6 Å². The summed E-state index contributed by atoms with van der Waals surface area (Å²) in [6, 6.07) is 24.7. The molecule has 0 spiro atoms. The minimum Gasteiger partial charge on any atom is -0.488 e. The highest BCUT2D eigenvalue weighted by molar-refractivity contribution is 7.74. The third-order valence-electron chi connectivity index (χ3n) is 11.1. The molecule has 0 aromatic heterocycles. The lowest BCUT2D eigenvalue weighted by molar-refractivity contribution is 0.389. The molecule has 0 N–H and O–H groups in total. The second-order valence-corrected chi connectivity index (χ2v) is 31.6. The van der Waals surface area contributed by atoms with Crippen LogP contribution in [0.4, 0.5) is 0 Å². The van der Waals surface area contributed by atoms with Gasteiger partial charge in [-0.1, -0.05) is 132 Å². The van der Waals surface area contributed by atoms with Crippen molar-refractivity contribution >= 4 is 51.3 Å². The molecular formula is C44H56O6P4. The predicted octanol–water partition coefficient (Wildman–Crippen LogP) is 11.5. The van der Waals surface area contributed by atoms with Crippen molar-refractivity contribution in [1.29, 1.82) is 0 Å². The van der Waals surface area contributed by atoms with Crippen LogP contribution in [0, 0.1) is 0 Å². The van der Waals surface area contributed by atoms with E-state index >= 15 is 0 Å². The zero-order valence-corrected chi connectivity index (χ0v) is 37.6. The minimum absolute atomic E-state index is 0.214. The lowest BCUT2D eigenvalue weighted by Gasteiger charge is -2.30. The van der Waals surface area contributed by atoms with Crippen LogP contribution in [0.1, 0.15) is 83.1 Å². The first-order valence-corrected chi connectivity index (χ1v) is 25.7. The Hall–Kier alpha value is -2.60. The molecule has 54 heavy (non-hydrogen) atoms. The van der Waals surface area contributed by atoms with Gasteiger partial charge in [0, 0.05) is 20.9 Å². The van der Waals surface area contributed by atoms with E-state index in [9.17, 15) is 9.13 Å². The van der Waals surface area contributed by atoms with Crippen LogP contribution in [-0.2, 0) is 9.13 Å². The summed E-state index contributed by atoms with van der Waals surface area (Å²) in [5, 5.41) is 4.08. The van der Waals surface area contributed by atoms with E-state index < -0.39 is 24.6 Å². The number of benzene rings is 4. The maximum absolute atomic E-state index is 14.1. The summed E-state index contributed by atoms with van der Waals surface area (Å²) >= 11 is 0. The van der Waals surface area contributed by atoms with Crippen molar-refractivity contribution in [2.24, 2.45) is 0 Å². The number of hydrogen-bond donors (Lipinski definition) is 0. The first kappa shape index (κ1) is 39.6. The fraction of sp³-hybridized carbons (Fsp3) is 0.455.